The van der Waals surface area contributed by atoms with Crippen molar-refractivity contribution < 1.29 is 0 Å². The molecule has 0 aromatic rings. The molecule has 14 heavy (non-hydrogen) atoms. The second-order valence-electron chi connectivity index (χ2n) is 2.45. The lowest BCUT2D eigenvalue weighted by Gasteiger charge is -2.20. The number of hydrogen-bond acceptors (Lipinski definition) is 3. The molecular formula is C10H12N4. The fraction of sp³-hybridized carbons (Fsp3) is 0.300. The average Bonchev–Trinajstić information content (AvgIpc) is 2.17. The molecule has 0 aromatic carbocycles. The Bertz CT molecular complexity index is 293. The quantitative estimate of drug-likeness (QED) is 0.284. The van der Waals surface area contributed by atoms with Crippen LogP contribution in [-0.2, 0) is 0 Å². The van der Waals surface area contributed by atoms with E-state index in [1.807, 2.05) is 6.07 Å². The Morgan fingerprint density at radius 1 is 1.29 bits per heavy atom. The van der Waals surface area contributed by atoms with Gasteiger partial charge in [-0.3, -0.25) is 0 Å². The highest BCUT2D eigenvalue weighted by molar-refractivity contribution is 5.85. The molecule has 0 saturated heterocycles. The lowest BCUT2D eigenvalue weighted by Crippen LogP contribution is -2.30. The Morgan fingerprint density at radius 2 is 1.86 bits per heavy atom. The standard InChI is InChI=1S/C10H12N4/c1-3-7-14(8-4-2)10(5-6-11)13-9-12/h3-4H,1-2,5,7-8H2/b13-10+. The van der Waals surface area contributed by atoms with Gasteiger partial charge in [0.1, 0.15) is 5.84 Å². The molecule has 0 rings (SSSR count). The summed E-state index contributed by atoms with van der Waals surface area (Å²) in [7, 11) is 0. The first-order chi connectivity index (χ1) is 6.79. The van der Waals surface area contributed by atoms with Crippen molar-refractivity contribution in [3.8, 4) is 12.3 Å². The molecule has 0 bridgehead atoms. The van der Waals surface area contributed by atoms with Gasteiger partial charge in [0, 0.05) is 13.1 Å². The van der Waals surface area contributed by atoms with Crippen LogP contribution in [0.5, 0.6) is 0 Å². The van der Waals surface area contributed by atoms with Crippen molar-refractivity contribution in [1.29, 1.82) is 10.5 Å². The SMILES string of the molecule is C=CCN(CC=C)/C(CC#N)=N/C#N. The maximum absolute atomic E-state index is 8.53. The molecule has 0 atom stereocenters. The monoisotopic (exact) mass is 188 g/mol. The van der Waals surface area contributed by atoms with E-state index in [0.29, 0.717) is 18.9 Å². The summed E-state index contributed by atoms with van der Waals surface area (Å²) in [4.78, 5) is 5.35. The van der Waals surface area contributed by atoms with Gasteiger partial charge < -0.3 is 4.90 Å². The molecule has 0 aliphatic rings. The number of rotatable bonds is 5. The zero-order valence-electron chi connectivity index (χ0n) is 7.98. The maximum Gasteiger partial charge on any atom is 0.207 e. The van der Waals surface area contributed by atoms with E-state index in [-0.39, 0.29) is 6.42 Å². The molecule has 0 aromatic heterocycles. The Kier molecular flexibility index (Phi) is 6.45. The third-order valence-corrected chi connectivity index (χ3v) is 1.48. The van der Waals surface area contributed by atoms with Crippen molar-refractivity contribution in [2.24, 2.45) is 4.99 Å². The molecule has 0 radical (unpaired) electrons. The van der Waals surface area contributed by atoms with Gasteiger partial charge >= 0.3 is 0 Å². The molecule has 0 aliphatic heterocycles. The predicted octanol–water partition coefficient (Wildman–Crippen LogP) is 1.45. The first kappa shape index (κ1) is 11.9. The Balaban J connectivity index is 4.65. The molecule has 0 fully saturated rings. The highest BCUT2D eigenvalue weighted by Gasteiger charge is 2.07. The van der Waals surface area contributed by atoms with Crippen LogP contribution in [0.25, 0.3) is 0 Å². The van der Waals surface area contributed by atoms with Gasteiger partial charge in [0.2, 0.25) is 6.19 Å². The van der Waals surface area contributed by atoms with Gasteiger partial charge in [-0.25, -0.2) is 0 Å². The topological polar surface area (TPSA) is 63.2 Å². The summed E-state index contributed by atoms with van der Waals surface area (Å²) in [6, 6.07) is 1.96. The number of aliphatic imine (C=N–C) groups is 1. The molecule has 0 aliphatic carbocycles. The first-order valence-electron chi connectivity index (χ1n) is 4.09. The summed E-state index contributed by atoms with van der Waals surface area (Å²) in [6.45, 7) is 8.28. The van der Waals surface area contributed by atoms with E-state index in [4.69, 9.17) is 10.5 Å². The van der Waals surface area contributed by atoms with E-state index in [0.717, 1.165) is 0 Å². The summed E-state index contributed by atoms with van der Waals surface area (Å²) in [5.74, 6) is 0.454. The first-order valence-corrected chi connectivity index (χ1v) is 4.09. The second kappa shape index (κ2) is 7.57. The predicted molar refractivity (Wildman–Crippen MR) is 55.2 cm³/mol. The van der Waals surface area contributed by atoms with Crippen LogP contribution >= 0.6 is 0 Å². The van der Waals surface area contributed by atoms with Crippen molar-refractivity contribution in [3.63, 3.8) is 0 Å². The van der Waals surface area contributed by atoms with Crippen molar-refractivity contribution in [2.45, 2.75) is 6.42 Å². The zero-order chi connectivity index (χ0) is 10.8. The van der Waals surface area contributed by atoms with Crippen LogP contribution in [0.4, 0.5) is 0 Å². The van der Waals surface area contributed by atoms with Crippen molar-refractivity contribution in [2.75, 3.05) is 13.1 Å². The molecule has 0 spiro atoms. The largest absolute Gasteiger partial charge is 0.351 e. The average molecular weight is 188 g/mol. The van der Waals surface area contributed by atoms with Gasteiger partial charge in [-0.1, -0.05) is 12.2 Å². The summed E-state index contributed by atoms with van der Waals surface area (Å²) in [5, 5.41) is 17.0. The van der Waals surface area contributed by atoms with Gasteiger partial charge in [-0.2, -0.15) is 15.5 Å². The van der Waals surface area contributed by atoms with Crippen LogP contribution in [0.3, 0.4) is 0 Å². The van der Waals surface area contributed by atoms with E-state index < -0.39 is 0 Å². The Hall–Kier alpha value is -2.07. The van der Waals surface area contributed by atoms with Gasteiger partial charge in [0.05, 0.1) is 12.5 Å². The third kappa shape index (κ3) is 4.08. The fourth-order valence-corrected chi connectivity index (χ4v) is 0.947. The van der Waals surface area contributed by atoms with Crippen molar-refractivity contribution >= 4 is 5.84 Å². The second-order valence-corrected chi connectivity index (χ2v) is 2.45. The summed E-state index contributed by atoms with van der Waals surface area (Å²) in [5.41, 5.74) is 0. The van der Waals surface area contributed by atoms with Gasteiger partial charge in [0.15, 0.2) is 0 Å². The van der Waals surface area contributed by atoms with E-state index >= 15 is 0 Å². The molecule has 72 valence electrons. The maximum atomic E-state index is 8.53. The lowest BCUT2D eigenvalue weighted by atomic mass is 10.3. The third-order valence-electron chi connectivity index (χ3n) is 1.48. The minimum Gasteiger partial charge on any atom is -0.351 e. The van der Waals surface area contributed by atoms with Crippen LogP contribution in [0, 0.1) is 22.8 Å². The zero-order valence-corrected chi connectivity index (χ0v) is 7.98. The van der Waals surface area contributed by atoms with Crippen LogP contribution in [-0.4, -0.2) is 23.8 Å². The smallest absolute Gasteiger partial charge is 0.207 e. The molecule has 0 unspecified atom stereocenters. The number of nitrogens with zero attached hydrogens (tertiary/aromatic N) is 4. The van der Waals surface area contributed by atoms with Crippen LogP contribution in [0.2, 0.25) is 0 Å². The molecule has 0 heterocycles. The van der Waals surface area contributed by atoms with E-state index in [1.54, 1.807) is 23.2 Å². The van der Waals surface area contributed by atoms with Crippen LogP contribution < -0.4 is 0 Å². The molecule has 0 amide bonds. The highest BCUT2D eigenvalue weighted by atomic mass is 15.2. The molecular weight excluding hydrogens is 176 g/mol. The van der Waals surface area contributed by atoms with Crippen LogP contribution in [0.1, 0.15) is 6.42 Å². The fourth-order valence-electron chi connectivity index (χ4n) is 0.947. The Morgan fingerprint density at radius 3 is 2.21 bits per heavy atom. The molecule has 4 nitrogen and oxygen atoms in total. The Labute approximate surface area is 84.1 Å². The minimum absolute atomic E-state index is 0.120. The molecule has 0 N–H and O–H groups in total. The number of nitriles is 2. The molecule has 0 saturated carbocycles. The minimum atomic E-state index is 0.120. The summed E-state index contributed by atoms with van der Waals surface area (Å²) >= 11 is 0. The van der Waals surface area contributed by atoms with Gasteiger partial charge in [-0.05, 0) is 0 Å². The van der Waals surface area contributed by atoms with Crippen molar-refractivity contribution in [1.82, 2.24) is 4.90 Å². The van der Waals surface area contributed by atoms with E-state index in [2.05, 4.69) is 18.2 Å². The highest BCUT2D eigenvalue weighted by Crippen LogP contribution is 1.97. The lowest BCUT2D eigenvalue weighted by molar-refractivity contribution is 0.506. The van der Waals surface area contributed by atoms with E-state index in [1.165, 1.54) is 0 Å². The number of amidine groups is 1. The summed E-state index contributed by atoms with van der Waals surface area (Å²) in [6.07, 6.45) is 5.17. The van der Waals surface area contributed by atoms with Crippen LogP contribution in [0.15, 0.2) is 30.3 Å². The normalized spacial score (nSPS) is 9.71. The van der Waals surface area contributed by atoms with E-state index in [9.17, 15) is 0 Å². The van der Waals surface area contributed by atoms with Gasteiger partial charge in [-0.15, -0.1) is 13.2 Å². The molecule has 4 heteroatoms. The number of hydrogen-bond donors (Lipinski definition) is 0. The summed E-state index contributed by atoms with van der Waals surface area (Å²) < 4.78 is 0. The van der Waals surface area contributed by atoms with Gasteiger partial charge in [0.25, 0.3) is 0 Å². The van der Waals surface area contributed by atoms with Crippen molar-refractivity contribution in [3.05, 3.63) is 25.3 Å².